The summed E-state index contributed by atoms with van der Waals surface area (Å²) in [6, 6.07) is 14.4. The molecular formula is C18H23ClNO3-. The highest BCUT2D eigenvalue weighted by atomic mass is 35.5. The van der Waals surface area contributed by atoms with Crippen LogP contribution in [0.5, 0.6) is 17.2 Å². The number of nitrogens with one attached hydrogen (secondary N) is 1. The molecule has 4 nitrogen and oxygen atoms in total. The Balaban J connectivity index is 0.00000264. The maximum Gasteiger partial charge on any atom is 0.164 e. The van der Waals surface area contributed by atoms with Gasteiger partial charge in [-0.25, -0.2) is 0 Å². The molecule has 2 aromatic carbocycles. The zero-order valence-corrected chi connectivity index (χ0v) is 14.7. The van der Waals surface area contributed by atoms with Gasteiger partial charge in [0.1, 0.15) is 5.75 Å². The molecule has 2 rings (SSSR count). The summed E-state index contributed by atoms with van der Waals surface area (Å²) < 4.78 is 16.1. The van der Waals surface area contributed by atoms with Gasteiger partial charge in [0, 0.05) is 24.2 Å². The third-order valence-electron chi connectivity index (χ3n) is 3.68. The number of hydrogen-bond donors (Lipinski definition) is 1. The van der Waals surface area contributed by atoms with E-state index in [4.69, 9.17) is 14.2 Å². The summed E-state index contributed by atoms with van der Waals surface area (Å²) in [6.45, 7) is 2.82. The van der Waals surface area contributed by atoms with Crippen molar-refractivity contribution in [2.24, 2.45) is 0 Å². The van der Waals surface area contributed by atoms with Crippen LogP contribution in [0.15, 0.2) is 42.5 Å². The first-order chi connectivity index (χ1) is 10.7. The van der Waals surface area contributed by atoms with E-state index in [9.17, 15) is 0 Å². The van der Waals surface area contributed by atoms with Crippen LogP contribution in [0, 0.1) is 0 Å². The number of hydrogen-bond acceptors (Lipinski definition) is 4. The predicted octanol–water partition coefficient (Wildman–Crippen LogP) is 0.567. The van der Waals surface area contributed by atoms with Crippen LogP contribution in [0.2, 0.25) is 0 Å². The van der Waals surface area contributed by atoms with E-state index in [1.165, 1.54) is 5.56 Å². The van der Waals surface area contributed by atoms with Crippen molar-refractivity contribution < 1.29 is 26.6 Å². The van der Waals surface area contributed by atoms with Crippen LogP contribution in [0.4, 0.5) is 0 Å². The maximum absolute atomic E-state index is 5.45. The first-order valence-corrected chi connectivity index (χ1v) is 7.26. The van der Waals surface area contributed by atoms with Crippen molar-refractivity contribution in [3.63, 3.8) is 0 Å². The van der Waals surface area contributed by atoms with Crippen molar-refractivity contribution in [1.82, 2.24) is 5.32 Å². The average molecular weight is 337 g/mol. The fourth-order valence-corrected chi connectivity index (χ4v) is 2.35. The molecule has 0 aliphatic heterocycles. The molecule has 5 heteroatoms. The van der Waals surface area contributed by atoms with Crippen LogP contribution in [0.25, 0.3) is 0 Å². The molecule has 2 aromatic rings. The molecule has 0 saturated heterocycles. The van der Waals surface area contributed by atoms with E-state index in [2.05, 4.69) is 24.4 Å². The fraction of sp³-hybridized carbons (Fsp3) is 0.333. The van der Waals surface area contributed by atoms with Crippen LogP contribution < -0.4 is 31.9 Å². The van der Waals surface area contributed by atoms with Crippen LogP contribution >= 0.6 is 0 Å². The monoisotopic (exact) mass is 336 g/mol. The molecule has 23 heavy (non-hydrogen) atoms. The minimum atomic E-state index is 0. The lowest BCUT2D eigenvalue weighted by Gasteiger charge is -2.17. The van der Waals surface area contributed by atoms with E-state index in [0.717, 1.165) is 11.3 Å². The number of halogens is 1. The average Bonchev–Trinajstić information content (AvgIpc) is 2.59. The van der Waals surface area contributed by atoms with Gasteiger partial charge in [0.2, 0.25) is 0 Å². The largest absolute Gasteiger partial charge is 1.00 e. The van der Waals surface area contributed by atoms with Gasteiger partial charge in [0.15, 0.2) is 11.5 Å². The number of benzene rings is 2. The molecule has 0 amide bonds. The second-order valence-electron chi connectivity index (χ2n) is 5.03. The normalized spacial score (nSPS) is 11.3. The molecule has 0 heterocycles. The number of ether oxygens (including phenoxy) is 3. The SMILES string of the molecule is COc1cc(OC)c(OC)cc1CNC(C)c1ccccc1.[Cl-]. The van der Waals surface area contributed by atoms with E-state index >= 15 is 0 Å². The molecule has 1 N–H and O–H groups in total. The Hall–Kier alpha value is -1.91. The van der Waals surface area contributed by atoms with Gasteiger partial charge in [-0.1, -0.05) is 30.3 Å². The van der Waals surface area contributed by atoms with Gasteiger partial charge in [-0.15, -0.1) is 0 Å². The molecule has 0 fully saturated rings. The van der Waals surface area contributed by atoms with Crippen molar-refractivity contribution in [3.8, 4) is 17.2 Å². The lowest BCUT2D eigenvalue weighted by Crippen LogP contribution is -3.00. The first kappa shape index (κ1) is 19.1. The number of methoxy groups -OCH3 is 3. The van der Waals surface area contributed by atoms with E-state index in [0.29, 0.717) is 18.0 Å². The van der Waals surface area contributed by atoms with Crippen molar-refractivity contribution in [2.75, 3.05) is 21.3 Å². The molecule has 0 aromatic heterocycles. The lowest BCUT2D eigenvalue weighted by molar-refractivity contribution is -0.00000545. The topological polar surface area (TPSA) is 39.7 Å². The van der Waals surface area contributed by atoms with Gasteiger partial charge < -0.3 is 31.9 Å². The van der Waals surface area contributed by atoms with E-state index in [1.807, 2.05) is 30.3 Å². The predicted molar refractivity (Wildman–Crippen MR) is 87.8 cm³/mol. The Bertz CT molecular complexity index is 605. The van der Waals surface area contributed by atoms with Gasteiger partial charge in [-0.2, -0.15) is 0 Å². The summed E-state index contributed by atoms with van der Waals surface area (Å²) in [5.41, 5.74) is 2.28. The maximum atomic E-state index is 5.45. The summed E-state index contributed by atoms with van der Waals surface area (Å²) >= 11 is 0. The summed E-state index contributed by atoms with van der Waals surface area (Å²) in [5, 5.41) is 3.50. The quantitative estimate of drug-likeness (QED) is 0.802. The second kappa shape index (κ2) is 9.28. The van der Waals surface area contributed by atoms with Crippen molar-refractivity contribution >= 4 is 0 Å². The molecule has 0 aliphatic carbocycles. The molecular weight excluding hydrogens is 314 g/mol. The Morgan fingerprint density at radius 1 is 0.870 bits per heavy atom. The molecule has 1 atom stereocenters. The van der Waals surface area contributed by atoms with Gasteiger partial charge in [0.25, 0.3) is 0 Å². The fourth-order valence-electron chi connectivity index (χ4n) is 2.35. The highest BCUT2D eigenvalue weighted by molar-refractivity contribution is 5.50. The Labute approximate surface area is 144 Å². The zero-order chi connectivity index (χ0) is 15.9. The summed E-state index contributed by atoms with van der Waals surface area (Å²) in [6.07, 6.45) is 0. The Morgan fingerprint density at radius 2 is 1.43 bits per heavy atom. The minimum Gasteiger partial charge on any atom is -1.00 e. The molecule has 0 bridgehead atoms. The third kappa shape index (κ3) is 4.78. The highest BCUT2D eigenvalue weighted by Crippen LogP contribution is 2.34. The standard InChI is InChI=1S/C18H23NO3.ClH/c1-13(14-8-6-5-7-9-14)19-12-15-10-17(21-3)18(22-4)11-16(15)20-2;/h5-11,13,19H,12H2,1-4H3;1H/p-1. The molecule has 0 saturated carbocycles. The minimum absolute atomic E-state index is 0. The lowest BCUT2D eigenvalue weighted by atomic mass is 10.1. The van der Waals surface area contributed by atoms with Gasteiger partial charge in [-0.05, 0) is 18.6 Å². The van der Waals surface area contributed by atoms with Gasteiger partial charge >= 0.3 is 0 Å². The first-order valence-electron chi connectivity index (χ1n) is 7.26. The van der Waals surface area contributed by atoms with Crippen LogP contribution in [-0.2, 0) is 6.54 Å². The Morgan fingerprint density at radius 3 is 2.00 bits per heavy atom. The summed E-state index contributed by atoms with van der Waals surface area (Å²) in [4.78, 5) is 0. The molecule has 1 unspecified atom stereocenters. The third-order valence-corrected chi connectivity index (χ3v) is 3.68. The Kier molecular flexibility index (Phi) is 7.72. The van der Waals surface area contributed by atoms with Gasteiger partial charge in [-0.3, -0.25) is 0 Å². The highest BCUT2D eigenvalue weighted by Gasteiger charge is 2.13. The van der Waals surface area contributed by atoms with Gasteiger partial charge in [0.05, 0.1) is 21.3 Å². The molecule has 0 aliphatic rings. The smallest absolute Gasteiger partial charge is 0.164 e. The van der Waals surface area contributed by atoms with E-state index in [-0.39, 0.29) is 18.4 Å². The second-order valence-corrected chi connectivity index (χ2v) is 5.03. The van der Waals surface area contributed by atoms with Crippen LogP contribution in [0.3, 0.4) is 0 Å². The summed E-state index contributed by atoms with van der Waals surface area (Å²) in [5.74, 6) is 2.15. The van der Waals surface area contributed by atoms with E-state index < -0.39 is 0 Å². The molecule has 126 valence electrons. The number of rotatable bonds is 7. The van der Waals surface area contributed by atoms with E-state index in [1.54, 1.807) is 21.3 Å². The summed E-state index contributed by atoms with van der Waals surface area (Å²) in [7, 11) is 4.91. The molecule has 0 spiro atoms. The van der Waals surface area contributed by atoms with Crippen molar-refractivity contribution in [2.45, 2.75) is 19.5 Å². The van der Waals surface area contributed by atoms with Crippen LogP contribution in [-0.4, -0.2) is 21.3 Å². The zero-order valence-electron chi connectivity index (χ0n) is 13.9. The molecule has 0 radical (unpaired) electrons. The van der Waals surface area contributed by atoms with Crippen molar-refractivity contribution in [1.29, 1.82) is 0 Å². The van der Waals surface area contributed by atoms with Crippen molar-refractivity contribution in [3.05, 3.63) is 53.6 Å². The van der Waals surface area contributed by atoms with Crippen LogP contribution in [0.1, 0.15) is 24.1 Å².